The lowest BCUT2D eigenvalue weighted by Gasteiger charge is -2.14. The summed E-state index contributed by atoms with van der Waals surface area (Å²) in [4.78, 5) is 16.7. The normalized spacial score (nSPS) is 12.6. The highest BCUT2D eigenvalue weighted by molar-refractivity contribution is 5.94. The molecular formula is C16H24N4O. The van der Waals surface area contributed by atoms with Crippen LogP contribution in [0.3, 0.4) is 0 Å². The Balaban J connectivity index is 2.15. The van der Waals surface area contributed by atoms with E-state index < -0.39 is 0 Å². The summed E-state index contributed by atoms with van der Waals surface area (Å²) in [5, 5.41) is 8.32. The summed E-state index contributed by atoms with van der Waals surface area (Å²) in [6.45, 7) is 6.16. The molecule has 0 aliphatic heterocycles. The van der Waals surface area contributed by atoms with Gasteiger partial charge < -0.3 is 5.32 Å². The fourth-order valence-electron chi connectivity index (χ4n) is 2.59. The van der Waals surface area contributed by atoms with E-state index in [1.807, 2.05) is 20.0 Å². The van der Waals surface area contributed by atoms with Crippen LogP contribution in [0.15, 0.2) is 12.3 Å². The molecule has 1 amide bonds. The molecule has 0 aliphatic rings. The highest BCUT2D eigenvalue weighted by atomic mass is 16.1. The van der Waals surface area contributed by atoms with Crippen molar-refractivity contribution in [2.24, 2.45) is 13.0 Å². The maximum Gasteiger partial charge on any atom is 0.227 e. The Labute approximate surface area is 125 Å². The first kappa shape index (κ1) is 15.5. The second kappa shape index (κ2) is 6.70. The topological polar surface area (TPSA) is 59.8 Å². The number of rotatable bonds is 6. The van der Waals surface area contributed by atoms with Gasteiger partial charge in [-0.25, -0.2) is 4.98 Å². The van der Waals surface area contributed by atoms with Crippen LogP contribution in [0.5, 0.6) is 0 Å². The Morgan fingerprint density at radius 2 is 2.19 bits per heavy atom. The summed E-state index contributed by atoms with van der Waals surface area (Å²) < 4.78 is 1.76. The van der Waals surface area contributed by atoms with Crippen LogP contribution in [0.1, 0.15) is 45.2 Å². The van der Waals surface area contributed by atoms with Crippen LogP contribution in [0, 0.1) is 12.8 Å². The number of anilines is 1. The van der Waals surface area contributed by atoms with Gasteiger partial charge in [0.1, 0.15) is 0 Å². The average molecular weight is 288 g/mol. The molecule has 21 heavy (non-hydrogen) atoms. The van der Waals surface area contributed by atoms with Gasteiger partial charge in [-0.05, 0) is 25.8 Å². The van der Waals surface area contributed by atoms with E-state index >= 15 is 0 Å². The smallest absolute Gasteiger partial charge is 0.227 e. The van der Waals surface area contributed by atoms with Gasteiger partial charge in [0, 0.05) is 18.4 Å². The number of amides is 1. The predicted molar refractivity (Wildman–Crippen MR) is 85.2 cm³/mol. The standard InChI is InChI=1S/C16H24N4O/c1-5-7-8-12(6-2)16(21)18-13-9-14-11(3)19-20(4)15(14)17-10-13/h9-10,12H,5-8H2,1-4H3,(H,18,21). The van der Waals surface area contributed by atoms with Crippen molar-refractivity contribution in [2.45, 2.75) is 46.5 Å². The number of hydrogen-bond acceptors (Lipinski definition) is 3. The molecule has 0 radical (unpaired) electrons. The maximum absolute atomic E-state index is 12.3. The second-order valence-electron chi connectivity index (χ2n) is 5.54. The summed E-state index contributed by atoms with van der Waals surface area (Å²) in [6.07, 6.45) is 5.72. The summed E-state index contributed by atoms with van der Waals surface area (Å²) in [5.74, 6) is 0.171. The predicted octanol–water partition coefficient (Wildman–Crippen LogP) is 3.43. The van der Waals surface area contributed by atoms with E-state index in [0.29, 0.717) is 0 Å². The molecule has 0 saturated heterocycles. The Bertz CT molecular complexity index is 632. The first-order valence-corrected chi connectivity index (χ1v) is 7.67. The number of aryl methyl sites for hydroxylation is 2. The molecule has 2 aromatic rings. The van der Waals surface area contributed by atoms with E-state index in [9.17, 15) is 4.79 Å². The van der Waals surface area contributed by atoms with Gasteiger partial charge in [-0.3, -0.25) is 9.48 Å². The van der Waals surface area contributed by atoms with Crippen LogP contribution in [-0.4, -0.2) is 20.7 Å². The Hall–Kier alpha value is -1.91. The molecule has 5 heteroatoms. The van der Waals surface area contributed by atoms with Crippen LogP contribution >= 0.6 is 0 Å². The van der Waals surface area contributed by atoms with Gasteiger partial charge in [0.15, 0.2) is 5.65 Å². The molecule has 1 unspecified atom stereocenters. The lowest BCUT2D eigenvalue weighted by atomic mass is 9.98. The zero-order chi connectivity index (χ0) is 15.4. The monoisotopic (exact) mass is 288 g/mol. The number of aromatic nitrogens is 3. The molecule has 5 nitrogen and oxygen atoms in total. The Morgan fingerprint density at radius 3 is 2.86 bits per heavy atom. The van der Waals surface area contributed by atoms with Crippen molar-refractivity contribution in [3.05, 3.63) is 18.0 Å². The number of carbonyl (C=O) groups is 1. The third kappa shape index (κ3) is 3.40. The molecule has 0 aromatic carbocycles. The Kier molecular flexibility index (Phi) is 4.94. The molecule has 114 valence electrons. The molecule has 2 aromatic heterocycles. The number of hydrogen-bond donors (Lipinski definition) is 1. The van der Waals surface area contributed by atoms with Crippen molar-refractivity contribution in [3.8, 4) is 0 Å². The third-order valence-electron chi connectivity index (χ3n) is 3.90. The highest BCUT2D eigenvalue weighted by Gasteiger charge is 2.16. The maximum atomic E-state index is 12.3. The second-order valence-corrected chi connectivity index (χ2v) is 5.54. The van der Waals surface area contributed by atoms with Gasteiger partial charge in [0.2, 0.25) is 5.91 Å². The SMILES string of the molecule is CCCCC(CC)C(=O)Nc1cnc2c(c1)c(C)nn2C. The number of unbranched alkanes of at least 4 members (excludes halogenated alkanes) is 1. The largest absolute Gasteiger partial charge is 0.324 e. The summed E-state index contributed by atoms with van der Waals surface area (Å²) in [5.41, 5.74) is 2.51. The van der Waals surface area contributed by atoms with Crippen molar-refractivity contribution < 1.29 is 4.79 Å². The van der Waals surface area contributed by atoms with Crippen molar-refractivity contribution in [2.75, 3.05) is 5.32 Å². The van der Waals surface area contributed by atoms with E-state index in [1.54, 1.807) is 10.9 Å². The number of nitrogens with zero attached hydrogens (tertiary/aromatic N) is 3. The van der Waals surface area contributed by atoms with Crippen molar-refractivity contribution in [3.63, 3.8) is 0 Å². The van der Waals surface area contributed by atoms with Crippen molar-refractivity contribution in [1.82, 2.24) is 14.8 Å². The van der Waals surface area contributed by atoms with Crippen LogP contribution < -0.4 is 5.32 Å². The molecule has 0 spiro atoms. The lowest BCUT2D eigenvalue weighted by molar-refractivity contribution is -0.120. The molecule has 0 fully saturated rings. The van der Waals surface area contributed by atoms with Crippen molar-refractivity contribution in [1.29, 1.82) is 0 Å². The zero-order valence-corrected chi connectivity index (χ0v) is 13.3. The van der Waals surface area contributed by atoms with Gasteiger partial charge in [-0.1, -0.05) is 26.7 Å². The molecule has 1 atom stereocenters. The van der Waals surface area contributed by atoms with Crippen LogP contribution in [0.25, 0.3) is 11.0 Å². The molecule has 0 aliphatic carbocycles. The molecule has 0 bridgehead atoms. The minimum absolute atomic E-state index is 0.0793. The fraction of sp³-hybridized carbons (Fsp3) is 0.562. The van der Waals surface area contributed by atoms with Crippen LogP contribution in [-0.2, 0) is 11.8 Å². The highest BCUT2D eigenvalue weighted by Crippen LogP contribution is 2.21. The number of fused-ring (bicyclic) bond motifs is 1. The number of carbonyl (C=O) groups excluding carboxylic acids is 1. The van der Waals surface area contributed by atoms with Gasteiger partial charge in [-0.2, -0.15) is 5.10 Å². The summed E-state index contributed by atoms with van der Waals surface area (Å²) >= 11 is 0. The summed E-state index contributed by atoms with van der Waals surface area (Å²) in [7, 11) is 1.87. The van der Waals surface area contributed by atoms with Gasteiger partial charge in [0.05, 0.1) is 17.6 Å². The quantitative estimate of drug-likeness (QED) is 0.886. The average Bonchev–Trinajstić information content (AvgIpc) is 2.74. The van der Waals surface area contributed by atoms with Gasteiger partial charge in [-0.15, -0.1) is 0 Å². The van der Waals surface area contributed by atoms with E-state index in [1.165, 1.54) is 0 Å². The number of pyridine rings is 1. The third-order valence-corrected chi connectivity index (χ3v) is 3.90. The van der Waals surface area contributed by atoms with Gasteiger partial charge >= 0.3 is 0 Å². The van der Waals surface area contributed by atoms with Gasteiger partial charge in [0.25, 0.3) is 0 Å². The van der Waals surface area contributed by atoms with E-state index in [-0.39, 0.29) is 11.8 Å². The van der Waals surface area contributed by atoms with E-state index in [0.717, 1.165) is 48.1 Å². The van der Waals surface area contributed by atoms with E-state index in [2.05, 4.69) is 29.2 Å². The molecule has 1 N–H and O–H groups in total. The van der Waals surface area contributed by atoms with Crippen LogP contribution in [0.4, 0.5) is 5.69 Å². The van der Waals surface area contributed by atoms with Crippen molar-refractivity contribution >= 4 is 22.6 Å². The zero-order valence-electron chi connectivity index (χ0n) is 13.3. The fourth-order valence-corrected chi connectivity index (χ4v) is 2.59. The van der Waals surface area contributed by atoms with E-state index in [4.69, 9.17) is 0 Å². The van der Waals surface area contributed by atoms with Crippen LogP contribution in [0.2, 0.25) is 0 Å². The first-order valence-electron chi connectivity index (χ1n) is 7.67. The molecule has 2 heterocycles. The minimum Gasteiger partial charge on any atom is -0.324 e. The molecule has 2 rings (SSSR count). The Morgan fingerprint density at radius 1 is 1.43 bits per heavy atom. The summed E-state index contributed by atoms with van der Waals surface area (Å²) in [6, 6.07) is 1.95. The molecular weight excluding hydrogens is 264 g/mol. The molecule has 0 saturated carbocycles. The first-order chi connectivity index (χ1) is 10.1. The minimum atomic E-state index is 0.0793. The number of nitrogens with one attached hydrogen (secondary N) is 1. The lowest BCUT2D eigenvalue weighted by Crippen LogP contribution is -2.22.